The van der Waals surface area contributed by atoms with Crippen molar-refractivity contribution in [2.45, 2.75) is 87.4 Å². The lowest BCUT2D eigenvalue weighted by atomic mass is 9.53. The predicted molar refractivity (Wildman–Crippen MR) is 156 cm³/mol. The van der Waals surface area contributed by atoms with E-state index in [2.05, 4.69) is 34.8 Å². The molecule has 3 aliphatic heterocycles. The van der Waals surface area contributed by atoms with Gasteiger partial charge in [-0.1, -0.05) is 43.1 Å². The summed E-state index contributed by atoms with van der Waals surface area (Å²) in [5.41, 5.74) is 4.54. The van der Waals surface area contributed by atoms with Crippen LogP contribution in [0.25, 0.3) is 0 Å². The van der Waals surface area contributed by atoms with Gasteiger partial charge in [-0.25, -0.2) is 9.37 Å². The van der Waals surface area contributed by atoms with Crippen molar-refractivity contribution in [3.05, 3.63) is 57.6 Å². The lowest BCUT2D eigenvalue weighted by Crippen LogP contribution is -2.61. The molecule has 224 valence electrons. The molecule has 4 unspecified atom stereocenters. The first-order chi connectivity index (χ1) is 19.9. The van der Waals surface area contributed by atoms with Crippen molar-refractivity contribution in [2.24, 2.45) is 11.1 Å². The number of nitrogens with zero attached hydrogens (tertiary/aromatic N) is 1. The van der Waals surface area contributed by atoms with Gasteiger partial charge >= 0.3 is 0 Å². The van der Waals surface area contributed by atoms with E-state index in [1.807, 2.05) is 6.07 Å². The summed E-state index contributed by atoms with van der Waals surface area (Å²) < 4.78 is 21.6. The van der Waals surface area contributed by atoms with Gasteiger partial charge in [-0.2, -0.15) is 0 Å². The number of aromatic nitrogens is 1. The number of halogens is 3. The number of hydrogen-bond donors (Lipinski definition) is 4. The first kappa shape index (κ1) is 29.3. The van der Waals surface area contributed by atoms with Crippen LogP contribution in [-0.2, 0) is 24.5 Å². The number of carbonyl (C=O) groups is 3. The maximum absolute atomic E-state index is 16.0. The standard InChI is InChI=1S/C30H34Cl2FN5O4/c1-28(2)8-10-29(11-9-28)30(18-5-3-15(31)13-19(18)37-27(30)41)21(17-7-12-35-24(32)22(17)33)23(38-29)26(40)36-16-4-6-20(25(34)39)42-14-16/h3,5,7,12-13,16,20-21,23,38H,4,6,8-11,14H2,1-2H3,(H2,34,39)(H,36,40)(H,37,41)/t16?,20?,21?,23?,30-/m1/s1. The normalized spacial score (nSPS) is 31.1. The van der Waals surface area contributed by atoms with Crippen LogP contribution in [0.5, 0.6) is 0 Å². The molecule has 5 N–H and O–H groups in total. The maximum Gasteiger partial charge on any atom is 0.246 e. The summed E-state index contributed by atoms with van der Waals surface area (Å²) in [6.45, 7) is 4.49. The van der Waals surface area contributed by atoms with Crippen LogP contribution >= 0.6 is 23.2 Å². The first-order valence-corrected chi connectivity index (χ1v) is 15.0. The summed E-state index contributed by atoms with van der Waals surface area (Å²) in [4.78, 5) is 44.2. The van der Waals surface area contributed by atoms with E-state index in [0.29, 0.717) is 42.0 Å². The minimum Gasteiger partial charge on any atom is -0.367 e. The van der Waals surface area contributed by atoms with E-state index in [9.17, 15) is 14.4 Å². The van der Waals surface area contributed by atoms with Crippen molar-refractivity contribution in [2.75, 3.05) is 11.9 Å². The van der Waals surface area contributed by atoms with Crippen LogP contribution in [0.1, 0.15) is 69.4 Å². The Bertz CT molecular complexity index is 1450. The summed E-state index contributed by atoms with van der Waals surface area (Å²) in [5, 5.41) is 9.81. The quantitative estimate of drug-likeness (QED) is 0.384. The number of hydrogen-bond acceptors (Lipinski definition) is 6. The Morgan fingerprint density at radius 3 is 2.55 bits per heavy atom. The maximum atomic E-state index is 16.0. The minimum atomic E-state index is -1.35. The first-order valence-electron chi connectivity index (χ1n) is 14.3. The molecule has 1 aromatic carbocycles. The molecule has 12 heteroatoms. The average Bonchev–Trinajstić information content (AvgIpc) is 3.40. The third-order valence-corrected chi connectivity index (χ3v) is 10.4. The van der Waals surface area contributed by atoms with Crippen LogP contribution in [0.3, 0.4) is 0 Å². The Morgan fingerprint density at radius 1 is 1.14 bits per heavy atom. The third-order valence-electron chi connectivity index (χ3n) is 9.89. The summed E-state index contributed by atoms with van der Waals surface area (Å²) in [7, 11) is 0. The fourth-order valence-electron chi connectivity index (χ4n) is 7.71. The molecule has 5 atom stereocenters. The summed E-state index contributed by atoms with van der Waals surface area (Å²) >= 11 is 12.5. The van der Waals surface area contributed by atoms with E-state index >= 15 is 4.39 Å². The fraction of sp³-hybridized carbons (Fsp3) is 0.533. The Labute approximate surface area is 253 Å². The molecule has 1 saturated carbocycles. The van der Waals surface area contributed by atoms with Gasteiger partial charge in [0.25, 0.3) is 0 Å². The number of primary amides is 1. The molecule has 2 saturated heterocycles. The Morgan fingerprint density at radius 2 is 1.88 bits per heavy atom. The van der Waals surface area contributed by atoms with E-state index < -0.39 is 46.6 Å². The van der Waals surface area contributed by atoms with E-state index in [4.69, 9.17) is 33.7 Å². The highest BCUT2D eigenvalue weighted by molar-refractivity contribution is 6.31. The van der Waals surface area contributed by atoms with Gasteiger partial charge in [0, 0.05) is 28.4 Å². The molecule has 2 spiro atoms. The molecule has 4 aliphatic rings. The SMILES string of the molecule is CC1(C)CCC2(CC1)NC(C(=O)NC1CCC(C(N)=O)OC1)C(c1ccnc(Cl)c1F)[C@]21C(=O)Nc2cc(Cl)ccc21. The smallest absolute Gasteiger partial charge is 0.246 e. The van der Waals surface area contributed by atoms with Gasteiger partial charge in [0.15, 0.2) is 11.0 Å². The van der Waals surface area contributed by atoms with Crippen LogP contribution in [-0.4, -0.2) is 53.0 Å². The zero-order chi connectivity index (χ0) is 30.0. The highest BCUT2D eigenvalue weighted by Gasteiger charge is 2.73. The Hall–Kier alpha value is -2.79. The molecular weight excluding hydrogens is 584 g/mol. The van der Waals surface area contributed by atoms with Gasteiger partial charge in [0.2, 0.25) is 17.7 Å². The van der Waals surface area contributed by atoms with Gasteiger partial charge in [0.05, 0.1) is 18.7 Å². The van der Waals surface area contributed by atoms with Crippen molar-refractivity contribution in [1.82, 2.24) is 15.6 Å². The molecule has 3 amide bonds. The van der Waals surface area contributed by atoms with Crippen molar-refractivity contribution >= 4 is 46.6 Å². The van der Waals surface area contributed by atoms with E-state index in [1.54, 1.807) is 12.1 Å². The minimum absolute atomic E-state index is 0.0312. The Balaban J connectivity index is 1.49. The van der Waals surface area contributed by atoms with Crippen LogP contribution in [0.15, 0.2) is 30.5 Å². The second-order valence-corrected chi connectivity index (χ2v) is 13.6. The zero-order valence-electron chi connectivity index (χ0n) is 23.4. The molecule has 42 heavy (non-hydrogen) atoms. The number of rotatable bonds is 4. The van der Waals surface area contributed by atoms with E-state index in [1.165, 1.54) is 12.3 Å². The van der Waals surface area contributed by atoms with Crippen molar-refractivity contribution in [3.63, 3.8) is 0 Å². The number of pyridine rings is 1. The number of anilines is 1. The van der Waals surface area contributed by atoms with Gasteiger partial charge in [-0.05, 0) is 73.3 Å². The molecule has 0 bridgehead atoms. The molecule has 2 aromatic rings. The number of benzene rings is 1. The number of ether oxygens (including phenoxy) is 1. The molecule has 4 heterocycles. The molecule has 6 rings (SSSR count). The number of nitrogens with one attached hydrogen (secondary N) is 3. The van der Waals surface area contributed by atoms with E-state index in [0.717, 1.165) is 12.8 Å². The highest BCUT2D eigenvalue weighted by atomic mass is 35.5. The van der Waals surface area contributed by atoms with Gasteiger partial charge in [0.1, 0.15) is 11.5 Å². The van der Waals surface area contributed by atoms with Gasteiger partial charge in [-0.15, -0.1) is 0 Å². The number of fused-ring (bicyclic) bond motifs is 3. The summed E-state index contributed by atoms with van der Waals surface area (Å²) in [6, 6.07) is 5.34. The fourth-order valence-corrected chi connectivity index (χ4v) is 8.05. The number of amides is 3. The third kappa shape index (κ3) is 4.49. The number of nitrogens with two attached hydrogens (primary N) is 1. The zero-order valence-corrected chi connectivity index (χ0v) is 24.9. The number of carbonyl (C=O) groups excluding carboxylic acids is 3. The van der Waals surface area contributed by atoms with E-state index in [-0.39, 0.29) is 34.7 Å². The summed E-state index contributed by atoms with van der Waals surface area (Å²) in [6.07, 6.45) is 4.31. The molecular formula is C30H34Cl2FN5O4. The molecule has 9 nitrogen and oxygen atoms in total. The van der Waals surface area contributed by atoms with Crippen molar-refractivity contribution in [1.29, 1.82) is 0 Å². The highest BCUT2D eigenvalue weighted by Crippen LogP contribution is 2.64. The van der Waals surface area contributed by atoms with Crippen molar-refractivity contribution < 1.29 is 23.5 Å². The monoisotopic (exact) mass is 617 g/mol. The lowest BCUT2D eigenvalue weighted by Gasteiger charge is -2.50. The second-order valence-electron chi connectivity index (χ2n) is 12.8. The summed E-state index contributed by atoms with van der Waals surface area (Å²) in [5.74, 6) is -2.99. The van der Waals surface area contributed by atoms with Crippen LogP contribution in [0.4, 0.5) is 10.1 Å². The topological polar surface area (TPSA) is 135 Å². The Kier molecular flexibility index (Phi) is 7.28. The predicted octanol–water partition coefficient (Wildman–Crippen LogP) is 3.96. The van der Waals surface area contributed by atoms with Crippen LogP contribution < -0.4 is 21.7 Å². The largest absolute Gasteiger partial charge is 0.367 e. The average molecular weight is 619 g/mol. The van der Waals surface area contributed by atoms with Crippen LogP contribution in [0.2, 0.25) is 10.2 Å². The lowest BCUT2D eigenvalue weighted by molar-refractivity contribution is -0.134. The second kappa shape index (κ2) is 10.4. The molecule has 3 fully saturated rings. The van der Waals surface area contributed by atoms with Gasteiger partial charge < -0.3 is 21.1 Å². The van der Waals surface area contributed by atoms with Crippen LogP contribution in [0, 0.1) is 11.2 Å². The van der Waals surface area contributed by atoms with Crippen molar-refractivity contribution in [3.8, 4) is 0 Å². The molecule has 0 radical (unpaired) electrons. The van der Waals surface area contributed by atoms with Gasteiger partial charge in [-0.3, -0.25) is 19.7 Å². The molecule has 1 aromatic heterocycles. The molecule has 1 aliphatic carbocycles.